The Hall–Kier alpha value is -0.390. The summed E-state index contributed by atoms with van der Waals surface area (Å²) in [5.74, 6) is 0.872. The van der Waals surface area contributed by atoms with Crippen molar-refractivity contribution in [1.29, 1.82) is 0 Å². The summed E-state index contributed by atoms with van der Waals surface area (Å²) in [6.07, 6.45) is 4.84. The molecular weight excluding hydrogens is 265 g/mol. The predicted octanol–water partition coefficient (Wildman–Crippen LogP) is 1.49. The predicted molar refractivity (Wildman–Crippen MR) is 56.7 cm³/mol. The monoisotopic (exact) mass is 275 g/mol. The lowest BCUT2D eigenvalue weighted by Crippen LogP contribution is -2.21. The summed E-state index contributed by atoms with van der Waals surface area (Å²) < 4.78 is 0.756. The molecular formula is C8H10IN3. The summed E-state index contributed by atoms with van der Waals surface area (Å²) in [4.78, 5) is 10.6. The highest BCUT2D eigenvalue weighted by Gasteiger charge is 2.21. The van der Waals surface area contributed by atoms with E-state index in [1.807, 2.05) is 6.07 Å². The molecule has 0 bridgehead atoms. The zero-order valence-corrected chi connectivity index (χ0v) is 8.81. The number of nitrogens with zero attached hydrogens (tertiary/aromatic N) is 3. The molecule has 1 atom stereocenters. The van der Waals surface area contributed by atoms with Crippen LogP contribution >= 0.6 is 22.6 Å². The quantitative estimate of drug-likeness (QED) is 0.574. The Bertz CT molecular complexity index is 252. The lowest BCUT2D eigenvalue weighted by molar-refractivity contribution is 0.900. The van der Waals surface area contributed by atoms with Gasteiger partial charge in [0.25, 0.3) is 0 Å². The van der Waals surface area contributed by atoms with Gasteiger partial charge in [-0.2, -0.15) is 0 Å². The van der Waals surface area contributed by atoms with Crippen LogP contribution in [0.25, 0.3) is 0 Å². The number of rotatable bonds is 1. The van der Waals surface area contributed by atoms with Gasteiger partial charge in [0.2, 0.25) is 5.95 Å². The fourth-order valence-corrected chi connectivity index (χ4v) is 2.11. The van der Waals surface area contributed by atoms with E-state index in [9.17, 15) is 0 Å². The van der Waals surface area contributed by atoms with Crippen molar-refractivity contribution in [1.82, 2.24) is 9.97 Å². The van der Waals surface area contributed by atoms with Crippen molar-refractivity contribution in [2.45, 2.75) is 10.3 Å². The number of hydrogen-bond donors (Lipinski definition) is 0. The molecule has 0 radical (unpaired) electrons. The van der Waals surface area contributed by atoms with Crippen LogP contribution < -0.4 is 4.90 Å². The highest BCUT2D eigenvalue weighted by atomic mass is 127. The van der Waals surface area contributed by atoms with E-state index >= 15 is 0 Å². The summed E-state index contributed by atoms with van der Waals surface area (Å²) in [6, 6.07) is 1.85. The van der Waals surface area contributed by atoms with Crippen LogP contribution in [0.15, 0.2) is 18.5 Å². The zero-order chi connectivity index (χ0) is 8.39. The topological polar surface area (TPSA) is 29.0 Å². The first-order valence-corrected chi connectivity index (χ1v) is 5.27. The molecule has 0 aliphatic carbocycles. The van der Waals surface area contributed by atoms with Crippen molar-refractivity contribution in [3.63, 3.8) is 0 Å². The third-order valence-corrected chi connectivity index (χ3v) is 2.98. The Kier molecular flexibility index (Phi) is 2.43. The molecule has 4 heteroatoms. The van der Waals surface area contributed by atoms with E-state index in [1.165, 1.54) is 6.42 Å². The average Bonchev–Trinajstić information content (AvgIpc) is 2.54. The molecule has 1 aliphatic rings. The molecule has 0 aromatic carbocycles. The molecule has 3 nitrogen and oxygen atoms in total. The Morgan fingerprint density at radius 3 is 2.75 bits per heavy atom. The summed E-state index contributed by atoms with van der Waals surface area (Å²) >= 11 is 2.48. The van der Waals surface area contributed by atoms with Crippen LogP contribution in [-0.4, -0.2) is 27.0 Å². The van der Waals surface area contributed by atoms with Crippen LogP contribution in [-0.2, 0) is 0 Å². The summed E-state index contributed by atoms with van der Waals surface area (Å²) in [5, 5.41) is 0. The highest BCUT2D eigenvalue weighted by Crippen LogP contribution is 2.20. The van der Waals surface area contributed by atoms with E-state index in [2.05, 4.69) is 37.5 Å². The largest absolute Gasteiger partial charge is 0.340 e. The second kappa shape index (κ2) is 3.55. The molecule has 0 N–H and O–H groups in total. The van der Waals surface area contributed by atoms with Gasteiger partial charge in [-0.3, -0.25) is 0 Å². The standard InChI is InChI=1S/C8H10IN3/c9-7-2-5-12(6-7)8-10-3-1-4-11-8/h1,3-4,7H,2,5-6H2/t7-/m0/s1. The number of alkyl halides is 1. The molecule has 64 valence electrons. The summed E-state index contributed by atoms with van der Waals surface area (Å²) in [5.41, 5.74) is 0. The molecule has 2 rings (SSSR count). The molecule has 0 amide bonds. The molecule has 1 fully saturated rings. The Morgan fingerprint density at radius 1 is 1.42 bits per heavy atom. The fourth-order valence-electron chi connectivity index (χ4n) is 1.35. The first kappa shape index (κ1) is 8.22. The maximum atomic E-state index is 4.21. The van der Waals surface area contributed by atoms with Gasteiger partial charge in [-0.25, -0.2) is 9.97 Å². The van der Waals surface area contributed by atoms with Gasteiger partial charge >= 0.3 is 0 Å². The Labute approximate surface area is 85.3 Å². The minimum atomic E-state index is 0.756. The van der Waals surface area contributed by atoms with Crippen LogP contribution in [0.1, 0.15) is 6.42 Å². The first-order chi connectivity index (χ1) is 5.86. The lowest BCUT2D eigenvalue weighted by atomic mass is 10.4. The van der Waals surface area contributed by atoms with Crippen molar-refractivity contribution >= 4 is 28.5 Å². The molecule has 1 aliphatic heterocycles. The van der Waals surface area contributed by atoms with E-state index in [1.54, 1.807) is 12.4 Å². The van der Waals surface area contributed by atoms with E-state index in [0.29, 0.717) is 0 Å². The van der Waals surface area contributed by atoms with Gasteiger partial charge in [0, 0.05) is 29.4 Å². The normalized spacial score (nSPS) is 23.1. The van der Waals surface area contributed by atoms with Gasteiger partial charge in [-0.1, -0.05) is 22.6 Å². The maximum Gasteiger partial charge on any atom is 0.225 e. The van der Waals surface area contributed by atoms with E-state index in [0.717, 1.165) is 23.0 Å². The molecule has 0 saturated carbocycles. The third-order valence-electron chi connectivity index (χ3n) is 1.97. The van der Waals surface area contributed by atoms with Crippen LogP contribution in [0.3, 0.4) is 0 Å². The smallest absolute Gasteiger partial charge is 0.225 e. The SMILES string of the molecule is I[C@H]1CCN(c2ncccn2)C1. The van der Waals surface area contributed by atoms with Gasteiger partial charge in [0.15, 0.2) is 0 Å². The Balaban J connectivity index is 2.11. The first-order valence-electron chi connectivity index (χ1n) is 4.02. The molecule has 1 aromatic heterocycles. The van der Waals surface area contributed by atoms with Crippen molar-refractivity contribution in [3.05, 3.63) is 18.5 Å². The molecule has 0 unspecified atom stereocenters. The second-order valence-corrected chi connectivity index (χ2v) is 4.64. The van der Waals surface area contributed by atoms with Crippen LogP contribution in [0.5, 0.6) is 0 Å². The number of hydrogen-bond acceptors (Lipinski definition) is 3. The van der Waals surface area contributed by atoms with Gasteiger partial charge in [-0.05, 0) is 12.5 Å². The minimum Gasteiger partial charge on any atom is -0.340 e. The average molecular weight is 275 g/mol. The van der Waals surface area contributed by atoms with E-state index in [-0.39, 0.29) is 0 Å². The fraction of sp³-hybridized carbons (Fsp3) is 0.500. The molecule has 12 heavy (non-hydrogen) atoms. The zero-order valence-electron chi connectivity index (χ0n) is 6.65. The summed E-state index contributed by atoms with van der Waals surface area (Å²) in [6.45, 7) is 2.18. The van der Waals surface area contributed by atoms with Gasteiger partial charge in [-0.15, -0.1) is 0 Å². The maximum absolute atomic E-state index is 4.21. The highest BCUT2D eigenvalue weighted by molar-refractivity contribution is 14.1. The van der Waals surface area contributed by atoms with E-state index in [4.69, 9.17) is 0 Å². The van der Waals surface area contributed by atoms with Crippen LogP contribution in [0.2, 0.25) is 0 Å². The lowest BCUT2D eigenvalue weighted by Gasteiger charge is -2.13. The van der Waals surface area contributed by atoms with Crippen molar-refractivity contribution < 1.29 is 0 Å². The van der Waals surface area contributed by atoms with E-state index < -0.39 is 0 Å². The number of halogens is 1. The number of anilines is 1. The van der Waals surface area contributed by atoms with Gasteiger partial charge < -0.3 is 4.90 Å². The third kappa shape index (κ3) is 1.68. The van der Waals surface area contributed by atoms with Crippen molar-refractivity contribution in [3.8, 4) is 0 Å². The molecule has 1 aromatic rings. The number of aromatic nitrogens is 2. The summed E-state index contributed by atoms with van der Waals surface area (Å²) in [7, 11) is 0. The minimum absolute atomic E-state index is 0.756. The molecule has 1 saturated heterocycles. The van der Waals surface area contributed by atoms with Crippen molar-refractivity contribution in [2.75, 3.05) is 18.0 Å². The van der Waals surface area contributed by atoms with Gasteiger partial charge in [0.05, 0.1) is 0 Å². The Morgan fingerprint density at radius 2 is 2.17 bits per heavy atom. The van der Waals surface area contributed by atoms with Crippen molar-refractivity contribution in [2.24, 2.45) is 0 Å². The molecule has 2 heterocycles. The van der Waals surface area contributed by atoms with Gasteiger partial charge in [0.1, 0.15) is 0 Å². The molecule has 0 spiro atoms. The van der Waals surface area contributed by atoms with Crippen LogP contribution in [0, 0.1) is 0 Å². The van der Waals surface area contributed by atoms with Crippen LogP contribution in [0.4, 0.5) is 5.95 Å². The second-order valence-electron chi connectivity index (χ2n) is 2.88.